The molecule has 162 valence electrons. The summed E-state index contributed by atoms with van der Waals surface area (Å²) in [6, 6.07) is 19.9. The van der Waals surface area contributed by atoms with E-state index >= 15 is 0 Å². The quantitative estimate of drug-likeness (QED) is 0.394. The summed E-state index contributed by atoms with van der Waals surface area (Å²) in [5.74, 6) is 0.568. The van der Waals surface area contributed by atoms with Gasteiger partial charge < -0.3 is 10.2 Å². The Morgan fingerprint density at radius 1 is 1.03 bits per heavy atom. The highest BCUT2D eigenvalue weighted by Gasteiger charge is 2.18. The van der Waals surface area contributed by atoms with Gasteiger partial charge in [0.15, 0.2) is 4.34 Å². The third-order valence-corrected chi connectivity index (χ3v) is 7.81. The smallest absolute Gasteiger partial charge is 0.233 e. The first-order valence-electron chi connectivity index (χ1n) is 10.7. The van der Waals surface area contributed by atoms with Crippen LogP contribution in [0.4, 0.5) is 5.69 Å². The molecule has 0 saturated carbocycles. The number of carbonyl (C=O) groups is 2. The van der Waals surface area contributed by atoms with Crippen LogP contribution in [0.3, 0.4) is 0 Å². The number of hydrogen-bond donors (Lipinski definition) is 1. The molecule has 5 nitrogen and oxygen atoms in total. The Balaban J connectivity index is 1.24. The summed E-state index contributed by atoms with van der Waals surface area (Å²) in [6.45, 7) is 1.75. The number of likely N-dealkylation sites (tertiary alicyclic amines) is 1. The number of aromatic nitrogens is 1. The van der Waals surface area contributed by atoms with Crippen molar-refractivity contribution in [3.05, 3.63) is 66.2 Å². The second-order valence-electron chi connectivity index (χ2n) is 7.90. The SMILES string of the molecule is O=C(Cc1cccc2ccccc12)Nc1ccc2nc(SCC(=O)N3CCCC3)sc2c1. The molecule has 1 aliphatic rings. The first kappa shape index (κ1) is 21.0. The Hall–Kier alpha value is -2.90. The Morgan fingerprint density at radius 3 is 2.72 bits per heavy atom. The van der Waals surface area contributed by atoms with Crippen LogP contribution in [0.1, 0.15) is 18.4 Å². The van der Waals surface area contributed by atoms with Crippen molar-refractivity contribution < 1.29 is 9.59 Å². The van der Waals surface area contributed by atoms with Crippen molar-refractivity contribution in [2.75, 3.05) is 24.2 Å². The van der Waals surface area contributed by atoms with Crippen molar-refractivity contribution in [1.29, 1.82) is 0 Å². The van der Waals surface area contributed by atoms with Crippen molar-refractivity contribution in [1.82, 2.24) is 9.88 Å². The molecule has 1 saturated heterocycles. The van der Waals surface area contributed by atoms with Gasteiger partial charge in [0.25, 0.3) is 0 Å². The molecule has 1 aromatic heterocycles. The zero-order chi connectivity index (χ0) is 21.9. The topological polar surface area (TPSA) is 62.3 Å². The summed E-state index contributed by atoms with van der Waals surface area (Å²) < 4.78 is 1.89. The molecule has 1 N–H and O–H groups in total. The first-order valence-corrected chi connectivity index (χ1v) is 12.5. The van der Waals surface area contributed by atoms with E-state index in [-0.39, 0.29) is 11.8 Å². The number of thioether (sulfide) groups is 1. The van der Waals surface area contributed by atoms with E-state index in [9.17, 15) is 9.59 Å². The molecule has 1 fully saturated rings. The fourth-order valence-electron chi connectivity index (χ4n) is 4.05. The van der Waals surface area contributed by atoms with Crippen LogP contribution in [-0.2, 0) is 16.0 Å². The number of anilines is 1. The minimum atomic E-state index is -0.0453. The van der Waals surface area contributed by atoms with Crippen molar-refractivity contribution >= 4 is 61.6 Å². The van der Waals surface area contributed by atoms with Gasteiger partial charge in [0.1, 0.15) is 0 Å². The minimum absolute atomic E-state index is 0.0453. The summed E-state index contributed by atoms with van der Waals surface area (Å²) in [5, 5.41) is 5.26. The molecule has 0 atom stereocenters. The molecule has 2 amide bonds. The number of hydrogen-bond acceptors (Lipinski definition) is 5. The Labute approximate surface area is 194 Å². The number of thiazole rings is 1. The molecule has 0 aliphatic carbocycles. The van der Waals surface area contributed by atoms with E-state index in [1.165, 1.54) is 11.8 Å². The first-order chi connectivity index (χ1) is 15.7. The van der Waals surface area contributed by atoms with Crippen molar-refractivity contribution in [3.63, 3.8) is 0 Å². The molecule has 4 aromatic rings. The number of carbonyl (C=O) groups excluding carboxylic acids is 2. The lowest BCUT2D eigenvalue weighted by Crippen LogP contribution is -2.29. The van der Waals surface area contributed by atoms with E-state index < -0.39 is 0 Å². The second-order valence-corrected chi connectivity index (χ2v) is 10.2. The van der Waals surface area contributed by atoms with Crippen LogP contribution in [-0.4, -0.2) is 40.5 Å². The summed E-state index contributed by atoms with van der Waals surface area (Å²) in [4.78, 5) is 31.5. The molecule has 0 spiro atoms. The van der Waals surface area contributed by atoms with Crippen molar-refractivity contribution in [3.8, 4) is 0 Å². The maximum atomic E-state index is 12.7. The minimum Gasteiger partial charge on any atom is -0.342 e. The van der Waals surface area contributed by atoms with Crippen molar-refractivity contribution in [2.45, 2.75) is 23.6 Å². The molecule has 0 unspecified atom stereocenters. The number of nitrogens with zero attached hydrogens (tertiary/aromatic N) is 2. The number of benzene rings is 3. The second kappa shape index (κ2) is 9.30. The lowest BCUT2D eigenvalue weighted by molar-refractivity contribution is -0.127. The number of nitrogens with one attached hydrogen (secondary N) is 1. The van der Waals surface area contributed by atoms with Gasteiger partial charge in [-0.2, -0.15) is 0 Å². The Bertz CT molecular complexity index is 1290. The number of rotatable bonds is 6. The molecule has 32 heavy (non-hydrogen) atoms. The molecule has 3 aromatic carbocycles. The van der Waals surface area contributed by atoms with E-state index in [4.69, 9.17) is 0 Å². The van der Waals surface area contributed by atoms with Crippen LogP contribution in [0.2, 0.25) is 0 Å². The third-order valence-electron chi connectivity index (χ3n) is 5.66. The summed E-state index contributed by atoms with van der Waals surface area (Å²) in [6.07, 6.45) is 2.53. The molecule has 1 aliphatic heterocycles. The van der Waals surface area contributed by atoms with Gasteiger partial charge in [0.05, 0.1) is 22.4 Å². The van der Waals surface area contributed by atoms with Gasteiger partial charge in [-0.15, -0.1) is 11.3 Å². The molecule has 7 heteroatoms. The summed E-state index contributed by atoms with van der Waals surface area (Å²) >= 11 is 3.05. The molecular formula is C25H23N3O2S2. The Kier molecular flexibility index (Phi) is 6.10. The van der Waals surface area contributed by atoms with E-state index in [1.807, 2.05) is 47.4 Å². The maximum absolute atomic E-state index is 12.7. The van der Waals surface area contributed by atoms with Crippen molar-refractivity contribution in [2.24, 2.45) is 0 Å². The van der Waals surface area contributed by atoms with Crippen LogP contribution in [0.5, 0.6) is 0 Å². The predicted octanol–water partition coefficient (Wildman–Crippen LogP) is 5.35. The average Bonchev–Trinajstić information content (AvgIpc) is 3.47. The molecular weight excluding hydrogens is 438 g/mol. The fraction of sp³-hybridized carbons (Fsp3) is 0.240. The molecule has 0 radical (unpaired) electrons. The standard InChI is InChI=1S/C25H23N3O2S2/c29-23(14-18-8-5-7-17-6-1-2-9-20(17)18)26-19-10-11-21-22(15-19)32-25(27-21)31-16-24(30)28-12-3-4-13-28/h1-2,5-11,15H,3-4,12-14,16H2,(H,26,29). The lowest BCUT2D eigenvalue weighted by Gasteiger charge is -2.13. The van der Waals surface area contributed by atoms with Crippen LogP contribution >= 0.6 is 23.1 Å². The van der Waals surface area contributed by atoms with Gasteiger partial charge in [-0.1, -0.05) is 54.2 Å². The van der Waals surface area contributed by atoms with E-state index in [0.29, 0.717) is 12.2 Å². The van der Waals surface area contributed by atoms with Crippen LogP contribution in [0, 0.1) is 0 Å². The van der Waals surface area contributed by atoms with Crippen LogP contribution in [0.25, 0.3) is 21.0 Å². The normalized spacial score (nSPS) is 13.7. The number of amides is 2. The zero-order valence-corrected chi connectivity index (χ0v) is 19.2. The maximum Gasteiger partial charge on any atom is 0.233 e. The summed E-state index contributed by atoms with van der Waals surface area (Å²) in [5.41, 5.74) is 2.66. The zero-order valence-electron chi connectivity index (χ0n) is 17.5. The third kappa shape index (κ3) is 4.64. The van der Waals surface area contributed by atoms with Gasteiger partial charge in [0, 0.05) is 18.8 Å². The fourth-order valence-corrected chi connectivity index (χ4v) is 6.06. The van der Waals surface area contributed by atoms with E-state index in [2.05, 4.69) is 28.5 Å². The highest BCUT2D eigenvalue weighted by atomic mass is 32.2. The number of fused-ring (bicyclic) bond motifs is 2. The molecule has 2 heterocycles. The van der Waals surface area contributed by atoms with Gasteiger partial charge >= 0.3 is 0 Å². The Morgan fingerprint density at radius 2 is 1.84 bits per heavy atom. The van der Waals surface area contributed by atoms with E-state index in [0.717, 1.165) is 62.5 Å². The van der Waals surface area contributed by atoms with Gasteiger partial charge in [0.2, 0.25) is 11.8 Å². The van der Waals surface area contributed by atoms with Crippen LogP contribution < -0.4 is 5.32 Å². The molecule has 5 rings (SSSR count). The largest absolute Gasteiger partial charge is 0.342 e. The highest BCUT2D eigenvalue weighted by Crippen LogP contribution is 2.31. The summed E-state index contributed by atoms with van der Waals surface area (Å²) in [7, 11) is 0. The van der Waals surface area contributed by atoms with Gasteiger partial charge in [-0.3, -0.25) is 9.59 Å². The highest BCUT2D eigenvalue weighted by molar-refractivity contribution is 8.01. The van der Waals surface area contributed by atoms with E-state index in [1.54, 1.807) is 11.3 Å². The van der Waals surface area contributed by atoms with Gasteiger partial charge in [-0.25, -0.2) is 4.98 Å². The predicted molar refractivity (Wildman–Crippen MR) is 132 cm³/mol. The van der Waals surface area contributed by atoms with Crippen LogP contribution in [0.15, 0.2) is 65.0 Å². The average molecular weight is 462 g/mol. The van der Waals surface area contributed by atoms with Gasteiger partial charge in [-0.05, 0) is 47.4 Å². The lowest BCUT2D eigenvalue weighted by atomic mass is 10.0. The molecule has 0 bridgehead atoms. The monoisotopic (exact) mass is 461 g/mol.